The molecule has 9 nitrogen and oxygen atoms in total. The average molecular weight is 466 g/mol. The van der Waals surface area contributed by atoms with E-state index in [0.29, 0.717) is 17.2 Å². The van der Waals surface area contributed by atoms with Crippen molar-refractivity contribution in [2.45, 2.75) is 13.0 Å². The molecular weight excluding hydrogens is 442 g/mol. The molecule has 0 aliphatic carbocycles. The average Bonchev–Trinajstić information content (AvgIpc) is 2.99. The molecule has 0 radical (unpaired) electrons. The lowest BCUT2D eigenvalue weighted by Crippen LogP contribution is -2.45. The molecule has 31 heavy (non-hydrogen) atoms. The number of hydrogen-bond acceptors (Lipinski definition) is 7. The molecule has 0 spiro atoms. The van der Waals surface area contributed by atoms with Crippen LogP contribution >= 0.6 is 11.3 Å². The Morgan fingerprint density at radius 3 is 2.42 bits per heavy atom. The van der Waals surface area contributed by atoms with Gasteiger partial charge in [0.15, 0.2) is 11.5 Å². The summed E-state index contributed by atoms with van der Waals surface area (Å²) >= 11 is 1.07. The van der Waals surface area contributed by atoms with E-state index in [-0.39, 0.29) is 10.6 Å². The molecule has 1 atom stereocenters. The summed E-state index contributed by atoms with van der Waals surface area (Å²) in [4.78, 5) is 24.7. The van der Waals surface area contributed by atoms with Crippen molar-refractivity contribution in [2.75, 3.05) is 30.1 Å². The summed E-state index contributed by atoms with van der Waals surface area (Å²) in [5.41, 5.74) is 1.48. The Balaban J connectivity index is 1.92. The van der Waals surface area contributed by atoms with Crippen LogP contribution in [0.15, 0.2) is 41.2 Å². The predicted molar refractivity (Wildman–Crippen MR) is 122 cm³/mol. The maximum atomic E-state index is 12.9. The molecule has 0 aliphatic heterocycles. The van der Waals surface area contributed by atoms with E-state index in [2.05, 4.69) is 5.32 Å². The highest BCUT2D eigenvalue weighted by molar-refractivity contribution is 7.92. The van der Waals surface area contributed by atoms with Crippen molar-refractivity contribution < 1.29 is 22.7 Å². The van der Waals surface area contributed by atoms with Gasteiger partial charge in [0.05, 0.1) is 36.4 Å². The van der Waals surface area contributed by atoms with Crippen LogP contribution in [0.4, 0.5) is 11.4 Å². The number of ether oxygens (including phenoxy) is 2. The van der Waals surface area contributed by atoms with Gasteiger partial charge in [-0.2, -0.15) is 0 Å². The molecule has 0 saturated heterocycles. The summed E-state index contributed by atoms with van der Waals surface area (Å²) < 4.78 is 38.8. The van der Waals surface area contributed by atoms with E-state index in [1.165, 1.54) is 31.8 Å². The minimum atomic E-state index is -3.80. The number of fused-ring (bicyclic) bond motifs is 1. The number of nitrogens with one attached hydrogen (secondary N) is 1. The van der Waals surface area contributed by atoms with E-state index in [1.807, 2.05) is 0 Å². The van der Waals surface area contributed by atoms with E-state index >= 15 is 0 Å². The Morgan fingerprint density at radius 2 is 1.81 bits per heavy atom. The number of nitrogens with zero attached hydrogens (tertiary/aromatic N) is 2. The van der Waals surface area contributed by atoms with Crippen molar-refractivity contribution in [1.29, 1.82) is 0 Å². The number of aromatic nitrogens is 1. The first-order valence-corrected chi connectivity index (χ1v) is 11.8. The van der Waals surface area contributed by atoms with Crippen molar-refractivity contribution in [2.24, 2.45) is 7.05 Å². The number of rotatable bonds is 7. The summed E-state index contributed by atoms with van der Waals surface area (Å²) in [6, 6.07) is 8.64. The van der Waals surface area contributed by atoms with Crippen LogP contribution in [-0.4, -0.2) is 45.4 Å². The van der Waals surface area contributed by atoms with Crippen molar-refractivity contribution >= 4 is 48.9 Å². The number of carbonyl (C=O) groups excluding carboxylic acids is 1. The third-order valence-corrected chi connectivity index (χ3v) is 7.01. The number of thiazole rings is 1. The zero-order valence-electron chi connectivity index (χ0n) is 17.7. The van der Waals surface area contributed by atoms with Gasteiger partial charge in [0.1, 0.15) is 6.04 Å². The number of sulfonamides is 1. The minimum Gasteiger partial charge on any atom is -0.493 e. The van der Waals surface area contributed by atoms with Crippen molar-refractivity contribution in [1.82, 2.24) is 4.57 Å². The van der Waals surface area contributed by atoms with Gasteiger partial charge in [-0.05, 0) is 37.3 Å². The van der Waals surface area contributed by atoms with Crippen molar-refractivity contribution in [3.8, 4) is 11.5 Å². The highest BCUT2D eigenvalue weighted by Crippen LogP contribution is 2.33. The largest absolute Gasteiger partial charge is 0.493 e. The predicted octanol–water partition coefficient (Wildman–Crippen LogP) is 2.41. The Bertz CT molecular complexity index is 1300. The van der Waals surface area contributed by atoms with E-state index in [9.17, 15) is 18.0 Å². The highest BCUT2D eigenvalue weighted by Gasteiger charge is 2.30. The van der Waals surface area contributed by atoms with Gasteiger partial charge < -0.3 is 19.4 Å². The highest BCUT2D eigenvalue weighted by atomic mass is 32.2. The lowest BCUT2D eigenvalue weighted by Gasteiger charge is -2.28. The summed E-state index contributed by atoms with van der Waals surface area (Å²) in [5, 5.41) is 2.73. The van der Waals surface area contributed by atoms with E-state index in [0.717, 1.165) is 32.1 Å². The zero-order valence-corrected chi connectivity index (χ0v) is 19.3. The molecule has 3 aromatic rings. The molecule has 0 aliphatic rings. The second-order valence-electron chi connectivity index (χ2n) is 6.87. The number of aryl methyl sites for hydroxylation is 1. The molecule has 0 fully saturated rings. The molecule has 2 aromatic carbocycles. The normalized spacial score (nSPS) is 12.4. The minimum absolute atomic E-state index is 0.108. The smallest absolute Gasteiger partial charge is 0.307 e. The van der Waals surface area contributed by atoms with E-state index in [4.69, 9.17) is 9.47 Å². The zero-order chi connectivity index (χ0) is 22.9. The molecule has 1 amide bonds. The first kappa shape index (κ1) is 22.6. The van der Waals surface area contributed by atoms with E-state index < -0.39 is 22.0 Å². The molecule has 0 unspecified atom stereocenters. The number of amides is 1. The van der Waals surface area contributed by atoms with Gasteiger partial charge in [0, 0.05) is 18.8 Å². The molecule has 166 valence electrons. The molecule has 0 saturated carbocycles. The lowest BCUT2D eigenvalue weighted by molar-refractivity contribution is -0.116. The second kappa shape index (κ2) is 8.60. The van der Waals surface area contributed by atoms with Crippen LogP contribution in [0, 0.1) is 0 Å². The van der Waals surface area contributed by atoms with Crippen molar-refractivity contribution in [3.05, 3.63) is 46.1 Å². The Morgan fingerprint density at radius 1 is 1.13 bits per heavy atom. The molecule has 1 aromatic heterocycles. The summed E-state index contributed by atoms with van der Waals surface area (Å²) in [7, 11) is 0.788. The van der Waals surface area contributed by atoms with Crippen LogP contribution in [0.1, 0.15) is 6.92 Å². The van der Waals surface area contributed by atoms with Gasteiger partial charge in [0.2, 0.25) is 15.9 Å². The quantitative estimate of drug-likeness (QED) is 0.574. The van der Waals surface area contributed by atoms with Crippen LogP contribution in [-0.2, 0) is 21.9 Å². The van der Waals surface area contributed by atoms with Crippen molar-refractivity contribution in [3.63, 3.8) is 0 Å². The number of benzene rings is 2. The van der Waals surface area contributed by atoms with Gasteiger partial charge in [0.25, 0.3) is 0 Å². The Kier molecular flexibility index (Phi) is 6.27. The number of methoxy groups -OCH3 is 2. The summed E-state index contributed by atoms with van der Waals surface area (Å²) in [6.07, 6.45) is 1.03. The van der Waals surface area contributed by atoms with Gasteiger partial charge in [-0.1, -0.05) is 11.3 Å². The lowest BCUT2D eigenvalue weighted by atomic mass is 10.2. The van der Waals surface area contributed by atoms with Crippen LogP contribution in [0.25, 0.3) is 10.2 Å². The van der Waals surface area contributed by atoms with Gasteiger partial charge in [-0.25, -0.2) is 8.42 Å². The monoisotopic (exact) mass is 465 g/mol. The first-order chi connectivity index (χ1) is 14.6. The maximum Gasteiger partial charge on any atom is 0.307 e. The van der Waals surface area contributed by atoms with Gasteiger partial charge in [-0.3, -0.25) is 13.9 Å². The molecular formula is C20H23N3O6S2. The SMILES string of the molecule is COc1ccc(N([C@H](C)C(=O)Nc2ccc3c(c2)sc(=O)n3C)S(C)(=O)=O)cc1OC. The fourth-order valence-electron chi connectivity index (χ4n) is 3.23. The molecule has 1 N–H and O–H groups in total. The van der Waals surface area contributed by atoms with Crippen LogP contribution in [0.5, 0.6) is 11.5 Å². The topological polar surface area (TPSA) is 107 Å². The second-order valence-corrected chi connectivity index (χ2v) is 9.73. The summed E-state index contributed by atoms with van der Waals surface area (Å²) in [5.74, 6) is 0.250. The van der Waals surface area contributed by atoms with E-state index in [1.54, 1.807) is 37.4 Å². The number of carbonyl (C=O) groups is 1. The first-order valence-electron chi connectivity index (χ1n) is 9.18. The maximum absolute atomic E-state index is 12.9. The van der Waals surface area contributed by atoms with Gasteiger partial charge >= 0.3 is 4.87 Å². The Hall–Kier alpha value is -3.05. The third kappa shape index (κ3) is 4.52. The fraction of sp³-hybridized carbons (Fsp3) is 0.300. The number of anilines is 2. The number of hydrogen-bond donors (Lipinski definition) is 1. The molecule has 1 heterocycles. The molecule has 3 rings (SSSR count). The molecule has 11 heteroatoms. The van der Waals surface area contributed by atoms with Crippen LogP contribution in [0.3, 0.4) is 0 Å². The Labute approximate surface area is 183 Å². The van der Waals surface area contributed by atoms with Crippen LogP contribution < -0.4 is 24.0 Å². The molecule has 0 bridgehead atoms. The standard InChI is InChI=1S/C20H23N3O6S2/c1-12(19(24)21-13-6-8-15-18(10-13)30-20(25)22(15)2)23(31(5,26)27)14-7-9-16(28-3)17(11-14)29-4/h6-12H,1-5H3,(H,21,24)/t12-/m1/s1. The van der Waals surface area contributed by atoms with Gasteiger partial charge in [-0.15, -0.1) is 0 Å². The summed E-state index contributed by atoms with van der Waals surface area (Å²) in [6.45, 7) is 1.49. The third-order valence-electron chi connectivity index (χ3n) is 4.77. The fourth-order valence-corrected chi connectivity index (χ4v) is 5.31. The van der Waals surface area contributed by atoms with Crippen LogP contribution in [0.2, 0.25) is 0 Å².